The lowest BCUT2D eigenvalue weighted by molar-refractivity contribution is 0.262. The Morgan fingerprint density at radius 2 is 2.38 bits per heavy atom. The predicted octanol–water partition coefficient (Wildman–Crippen LogP) is 0.265. The third-order valence-corrected chi connectivity index (χ3v) is 1.16. The topological polar surface area (TPSA) is 61.5 Å². The standard InChI is InChI=1S/C3H9NO3P/c1-6-8(5)7-3-2-4/h2-4H2,1H3/q+1. The highest BCUT2D eigenvalue weighted by molar-refractivity contribution is 7.33. The van der Waals surface area contributed by atoms with E-state index >= 15 is 0 Å². The van der Waals surface area contributed by atoms with E-state index in [2.05, 4.69) is 9.05 Å². The van der Waals surface area contributed by atoms with Crippen molar-refractivity contribution in [2.45, 2.75) is 0 Å². The van der Waals surface area contributed by atoms with E-state index in [-0.39, 0.29) is 6.61 Å². The number of rotatable bonds is 4. The van der Waals surface area contributed by atoms with Crippen molar-refractivity contribution in [3.8, 4) is 0 Å². The van der Waals surface area contributed by atoms with Gasteiger partial charge in [-0.15, -0.1) is 9.05 Å². The van der Waals surface area contributed by atoms with E-state index in [1.807, 2.05) is 0 Å². The lowest BCUT2D eigenvalue weighted by Gasteiger charge is -1.80. The summed E-state index contributed by atoms with van der Waals surface area (Å²) < 4.78 is 19.0. The van der Waals surface area contributed by atoms with Crippen LogP contribution >= 0.6 is 8.25 Å². The van der Waals surface area contributed by atoms with E-state index in [9.17, 15) is 4.57 Å². The van der Waals surface area contributed by atoms with E-state index < -0.39 is 8.25 Å². The average Bonchev–Trinajstić information content (AvgIpc) is 1.83. The van der Waals surface area contributed by atoms with Crippen LogP contribution in [-0.4, -0.2) is 20.3 Å². The molecular weight excluding hydrogens is 129 g/mol. The summed E-state index contributed by atoms with van der Waals surface area (Å²) in [5, 5.41) is 0. The molecular formula is C3H9NO3P+. The fourth-order valence-electron chi connectivity index (χ4n) is 0.180. The maximum atomic E-state index is 10.2. The number of nitrogens with two attached hydrogens (primary N) is 1. The van der Waals surface area contributed by atoms with E-state index in [1.54, 1.807) is 0 Å². The molecule has 4 nitrogen and oxygen atoms in total. The second kappa shape index (κ2) is 5.12. The lowest BCUT2D eigenvalue weighted by atomic mass is 10.8. The van der Waals surface area contributed by atoms with Crippen LogP contribution in [0.25, 0.3) is 0 Å². The van der Waals surface area contributed by atoms with Crippen molar-refractivity contribution in [1.82, 2.24) is 0 Å². The fraction of sp³-hybridized carbons (Fsp3) is 1.00. The number of hydrogen-bond acceptors (Lipinski definition) is 4. The van der Waals surface area contributed by atoms with Crippen LogP contribution in [0, 0.1) is 0 Å². The second-order valence-electron chi connectivity index (χ2n) is 1.03. The number of hydrogen-bond donors (Lipinski definition) is 1. The van der Waals surface area contributed by atoms with Gasteiger partial charge < -0.3 is 5.73 Å². The minimum absolute atomic E-state index is 0.281. The van der Waals surface area contributed by atoms with Crippen molar-refractivity contribution in [2.24, 2.45) is 5.73 Å². The van der Waals surface area contributed by atoms with Crippen molar-refractivity contribution < 1.29 is 13.6 Å². The van der Waals surface area contributed by atoms with Crippen LogP contribution in [0.3, 0.4) is 0 Å². The minimum atomic E-state index is -1.91. The van der Waals surface area contributed by atoms with Gasteiger partial charge in [-0.05, 0) is 0 Å². The summed E-state index contributed by atoms with van der Waals surface area (Å²) in [6.45, 7) is 0.646. The summed E-state index contributed by atoms with van der Waals surface area (Å²) in [4.78, 5) is 0. The van der Waals surface area contributed by atoms with Crippen molar-refractivity contribution in [2.75, 3.05) is 20.3 Å². The summed E-state index contributed by atoms with van der Waals surface area (Å²) in [6.07, 6.45) is 0. The molecule has 5 heteroatoms. The van der Waals surface area contributed by atoms with Gasteiger partial charge in [0.2, 0.25) is 0 Å². The van der Waals surface area contributed by atoms with Gasteiger partial charge in [0.1, 0.15) is 6.61 Å². The smallest absolute Gasteiger partial charge is 0.328 e. The van der Waals surface area contributed by atoms with E-state index in [4.69, 9.17) is 5.73 Å². The van der Waals surface area contributed by atoms with Crippen molar-refractivity contribution >= 4 is 8.25 Å². The van der Waals surface area contributed by atoms with Crippen LogP contribution in [0.15, 0.2) is 0 Å². The third-order valence-electron chi connectivity index (χ3n) is 0.464. The first-order valence-electron chi connectivity index (χ1n) is 2.15. The molecule has 8 heavy (non-hydrogen) atoms. The Balaban J connectivity index is 2.99. The Morgan fingerprint density at radius 3 is 2.75 bits per heavy atom. The molecule has 0 saturated heterocycles. The Bertz CT molecular complexity index is 76.9. The zero-order valence-corrected chi connectivity index (χ0v) is 5.56. The van der Waals surface area contributed by atoms with Crippen LogP contribution in [-0.2, 0) is 13.6 Å². The van der Waals surface area contributed by atoms with Crippen LogP contribution in [0.5, 0.6) is 0 Å². The monoisotopic (exact) mass is 138 g/mol. The van der Waals surface area contributed by atoms with Crippen molar-refractivity contribution in [3.05, 3.63) is 0 Å². The Labute approximate surface area is 48.9 Å². The minimum Gasteiger partial charge on any atom is -0.328 e. The van der Waals surface area contributed by atoms with Gasteiger partial charge in [0.05, 0.1) is 7.11 Å². The van der Waals surface area contributed by atoms with Crippen LogP contribution in [0.2, 0.25) is 0 Å². The summed E-state index contributed by atoms with van der Waals surface area (Å²) >= 11 is 0. The molecule has 0 saturated carbocycles. The van der Waals surface area contributed by atoms with Gasteiger partial charge in [-0.2, -0.15) is 0 Å². The summed E-state index contributed by atoms with van der Waals surface area (Å²) in [5.74, 6) is 0. The molecule has 0 aromatic carbocycles. The molecule has 0 bridgehead atoms. The zero-order chi connectivity index (χ0) is 6.41. The first-order chi connectivity index (χ1) is 3.81. The molecule has 1 unspecified atom stereocenters. The Morgan fingerprint density at radius 1 is 1.75 bits per heavy atom. The average molecular weight is 138 g/mol. The van der Waals surface area contributed by atoms with Gasteiger partial charge >= 0.3 is 8.25 Å². The van der Waals surface area contributed by atoms with Crippen LogP contribution < -0.4 is 5.73 Å². The lowest BCUT2D eigenvalue weighted by Crippen LogP contribution is -2.04. The molecule has 2 N–H and O–H groups in total. The molecule has 0 aromatic heterocycles. The van der Waals surface area contributed by atoms with Crippen molar-refractivity contribution in [3.63, 3.8) is 0 Å². The Hall–Kier alpha value is -0.0200. The molecule has 0 aliphatic heterocycles. The molecule has 0 amide bonds. The van der Waals surface area contributed by atoms with Gasteiger partial charge in [-0.1, -0.05) is 0 Å². The highest BCUT2D eigenvalue weighted by atomic mass is 31.1. The molecule has 1 atom stereocenters. The third kappa shape index (κ3) is 4.15. The van der Waals surface area contributed by atoms with E-state index in [1.165, 1.54) is 7.11 Å². The maximum absolute atomic E-state index is 10.2. The molecule has 0 aliphatic rings. The molecule has 0 fully saturated rings. The van der Waals surface area contributed by atoms with Gasteiger partial charge in [-0.3, -0.25) is 0 Å². The van der Waals surface area contributed by atoms with Gasteiger partial charge in [0.25, 0.3) is 0 Å². The SMILES string of the molecule is CO[P+](=O)OCCN. The second-order valence-corrected chi connectivity index (χ2v) is 2.10. The summed E-state index contributed by atoms with van der Waals surface area (Å²) in [7, 11) is -0.600. The molecule has 0 aliphatic carbocycles. The maximum Gasteiger partial charge on any atom is 0.697 e. The van der Waals surface area contributed by atoms with Gasteiger partial charge in [0.15, 0.2) is 0 Å². The normalized spacial score (nSPS) is 11.5. The van der Waals surface area contributed by atoms with E-state index in [0.29, 0.717) is 6.54 Å². The van der Waals surface area contributed by atoms with Crippen LogP contribution in [0.1, 0.15) is 0 Å². The quantitative estimate of drug-likeness (QED) is 0.566. The highest BCUT2D eigenvalue weighted by Gasteiger charge is 2.14. The van der Waals surface area contributed by atoms with Gasteiger partial charge in [0, 0.05) is 11.1 Å². The molecule has 0 heterocycles. The first-order valence-corrected chi connectivity index (χ1v) is 3.25. The van der Waals surface area contributed by atoms with Crippen LogP contribution in [0.4, 0.5) is 0 Å². The zero-order valence-electron chi connectivity index (χ0n) is 4.66. The largest absolute Gasteiger partial charge is 0.697 e. The first kappa shape index (κ1) is 7.98. The molecule has 0 spiro atoms. The fourth-order valence-corrected chi connectivity index (χ4v) is 0.540. The molecule has 0 aromatic rings. The van der Waals surface area contributed by atoms with E-state index in [0.717, 1.165) is 0 Å². The molecule has 48 valence electrons. The highest BCUT2D eigenvalue weighted by Crippen LogP contribution is 2.20. The predicted molar refractivity (Wildman–Crippen MR) is 29.6 cm³/mol. The molecule has 0 rings (SSSR count). The summed E-state index contributed by atoms with van der Waals surface area (Å²) in [5.41, 5.74) is 5.02. The summed E-state index contributed by atoms with van der Waals surface area (Å²) in [6, 6.07) is 0. The molecule has 0 radical (unpaired) electrons. The Kier molecular flexibility index (Phi) is 5.11. The van der Waals surface area contributed by atoms with Gasteiger partial charge in [-0.25, -0.2) is 0 Å². The van der Waals surface area contributed by atoms with Crippen molar-refractivity contribution in [1.29, 1.82) is 0 Å².